The number of nitrogens with zero attached hydrogens (tertiary/aromatic N) is 4. The largest absolute Gasteiger partial charge is 0.506 e. The Kier molecular flexibility index (Phi) is 12.4. The summed E-state index contributed by atoms with van der Waals surface area (Å²) in [6, 6.07) is 7.47. The lowest BCUT2D eigenvalue weighted by Gasteiger charge is -2.09. The number of aromatic hydroxyl groups is 1. The third-order valence-electron chi connectivity index (χ3n) is 5.90. The summed E-state index contributed by atoms with van der Waals surface area (Å²) in [6.45, 7) is -1.91. The molecule has 0 fully saturated rings. The van der Waals surface area contributed by atoms with E-state index in [1.54, 1.807) is 0 Å². The monoisotopic (exact) mass is 803 g/mol. The number of hydrogen-bond donors (Lipinski definition) is 5. The number of benzene rings is 3. The summed E-state index contributed by atoms with van der Waals surface area (Å²) >= 11 is 0. The van der Waals surface area contributed by atoms with Crippen LogP contribution >= 0.6 is 0 Å². The van der Waals surface area contributed by atoms with Gasteiger partial charge in [-0.25, -0.2) is 25.2 Å². The molecule has 0 aromatic heterocycles. The smallest absolute Gasteiger partial charge is 0.397 e. The van der Waals surface area contributed by atoms with E-state index in [1.807, 2.05) is 0 Å². The van der Waals surface area contributed by atoms with Crippen molar-refractivity contribution in [3.8, 4) is 11.5 Å². The fourth-order valence-corrected chi connectivity index (χ4v) is 7.36. The minimum atomic E-state index is -5.16. The van der Waals surface area contributed by atoms with Crippen LogP contribution in [0.3, 0.4) is 0 Å². The van der Waals surface area contributed by atoms with Gasteiger partial charge < -0.3 is 15.6 Å². The van der Waals surface area contributed by atoms with Gasteiger partial charge in [0.25, 0.3) is 10.1 Å². The molecule has 27 heteroatoms. The van der Waals surface area contributed by atoms with Crippen LogP contribution in [-0.4, -0.2) is 92.7 Å². The van der Waals surface area contributed by atoms with Gasteiger partial charge in [-0.1, -0.05) is 0 Å². The second kappa shape index (κ2) is 15.4. The summed E-state index contributed by atoms with van der Waals surface area (Å²) in [6.07, 6.45) is 0. The highest BCUT2D eigenvalue weighted by Gasteiger charge is 2.23. The molecule has 3 rings (SSSR count). The Morgan fingerprint density at radius 3 is 1.62 bits per heavy atom. The molecule has 0 heterocycles. The van der Waals surface area contributed by atoms with Crippen molar-refractivity contribution in [2.45, 2.75) is 14.7 Å². The normalized spacial score (nSPS) is 13.3. The zero-order valence-corrected chi connectivity index (χ0v) is 29.0. The SMILES string of the molecule is COc1ccc(S(=O)(=O)CCOS(=O)(=O)O)cc1N=Nc1cc(N=Nc2ccc(S(=O)(=O)CCOS(=O)(=O)O)cc2S(=O)(=O)O)c(O)cc1N. The first kappa shape index (κ1) is 40.2. The minimum Gasteiger partial charge on any atom is -0.506 e. The van der Waals surface area contributed by atoms with Gasteiger partial charge in [0, 0.05) is 6.07 Å². The predicted molar refractivity (Wildman–Crippen MR) is 169 cm³/mol. The summed E-state index contributed by atoms with van der Waals surface area (Å²) in [4.78, 5) is -2.13. The molecule has 0 atom stereocenters. The zero-order chi connectivity index (χ0) is 37.7. The number of azo groups is 2. The molecular weight excluding hydrogens is 779 g/mol. The number of phenols is 1. The van der Waals surface area contributed by atoms with E-state index in [4.69, 9.17) is 19.6 Å². The van der Waals surface area contributed by atoms with Crippen molar-refractivity contribution < 1.29 is 74.0 Å². The fourth-order valence-electron chi connectivity index (χ4n) is 3.62. The predicted octanol–water partition coefficient (Wildman–Crippen LogP) is 2.25. The summed E-state index contributed by atoms with van der Waals surface area (Å²) in [5, 5.41) is 25.5. The quantitative estimate of drug-likeness (QED) is 0.0787. The molecule has 0 spiro atoms. The van der Waals surface area contributed by atoms with E-state index in [2.05, 4.69) is 28.8 Å². The Balaban J connectivity index is 1.96. The van der Waals surface area contributed by atoms with E-state index in [9.17, 15) is 51.7 Å². The molecule has 0 amide bonds. The maximum Gasteiger partial charge on any atom is 0.397 e. The van der Waals surface area contributed by atoms with Gasteiger partial charge in [-0.15, -0.1) is 20.5 Å². The summed E-state index contributed by atoms with van der Waals surface area (Å²) in [5.41, 5.74) is 4.31. The van der Waals surface area contributed by atoms with Crippen LogP contribution in [0.2, 0.25) is 0 Å². The Labute approximate surface area is 284 Å². The number of nitrogens with two attached hydrogens (primary N) is 1. The summed E-state index contributed by atoms with van der Waals surface area (Å²) in [5.74, 6) is -2.46. The van der Waals surface area contributed by atoms with Crippen molar-refractivity contribution in [3.05, 3.63) is 48.5 Å². The highest BCUT2D eigenvalue weighted by molar-refractivity contribution is 7.92. The van der Waals surface area contributed by atoms with Gasteiger partial charge in [0.15, 0.2) is 19.7 Å². The Morgan fingerprint density at radius 2 is 1.10 bits per heavy atom. The van der Waals surface area contributed by atoms with Crippen LogP contribution in [0.15, 0.2) is 83.7 Å². The first-order chi connectivity index (χ1) is 22.9. The van der Waals surface area contributed by atoms with Crippen LogP contribution in [0.5, 0.6) is 11.5 Å². The molecule has 22 nitrogen and oxygen atoms in total. The molecular formula is C23H25N5O17S5. The molecule has 274 valence electrons. The maximum atomic E-state index is 12.6. The lowest BCUT2D eigenvalue weighted by Crippen LogP contribution is -2.16. The average Bonchev–Trinajstić information content (AvgIpc) is 2.97. The number of anilines is 1. The van der Waals surface area contributed by atoms with E-state index in [0.717, 1.165) is 36.4 Å². The molecule has 50 heavy (non-hydrogen) atoms. The second-order valence-electron chi connectivity index (χ2n) is 9.38. The highest BCUT2D eigenvalue weighted by atomic mass is 32.3. The Morgan fingerprint density at radius 1 is 0.620 bits per heavy atom. The lowest BCUT2D eigenvalue weighted by molar-refractivity contribution is 0.282. The van der Waals surface area contributed by atoms with Crippen molar-refractivity contribution in [1.82, 2.24) is 0 Å². The maximum absolute atomic E-state index is 12.6. The van der Waals surface area contributed by atoms with Gasteiger partial charge >= 0.3 is 20.8 Å². The molecule has 3 aromatic rings. The van der Waals surface area contributed by atoms with Gasteiger partial charge in [0.2, 0.25) is 0 Å². The average molecular weight is 804 g/mol. The Bertz CT molecular complexity index is 2400. The standard InChI is InChI=1S/C23H25N5O17S5/c1-43-22-5-3-14(46(30,31)8-6-44-49(37,38)39)10-20(22)28-26-18-13-19(21(29)12-16(18)24)27-25-17-4-2-15(11-23(17)48(34,35)36)47(32,33)9-7-45-50(40,41)42/h2-5,10-13,29H,6-9,24H2,1H3,(H,34,35,36)(H,37,38,39)(H,40,41,42). The lowest BCUT2D eigenvalue weighted by atomic mass is 10.2. The van der Waals surface area contributed by atoms with Crippen LogP contribution in [-0.2, 0) is 59.0 Å². The van der Waals surface area contributed by atoms with Gasteiger partial charge in [-0.2, -0.15) is 25.3 Å². The van der Waals surface area contributed by atoms with E-state index in [1.165, 1.54) is 13.2 Å². The van der Waals surface area contributed by atoms with Crippen molar-refractivity contribution in [3.63, 3.8) is 0 Å². The Hall–Kier alpha value is -4.19. The van der Waals surface area contributed by atoms with Crippen molar-refractivity contribution in [1.29, 1.82) is 0 Å². The van der Waals surface area contributed by atoms with Crippen LogP contribution in [0.4, 0.5) is 28.4 Å². The number of sulfone groups is 2. The van der Waals surface area contributed by atoms with Crippen LogP contribution < -0.4 is 10.5 Å². The van der Waals surface area contributed by atoms with Crippen LogP contribution in [0, 0.1) is 0 Å². The van der Waals surface area contributed by atoms with Crippen LogP contribution in [0.25, 0.3) is 0 Å². The second-order valence-corrected chi connectivity index (χ2v) is 17.2. The molecule has 0 radical (unpaired) electrons. The third kappa shape index (κ3) is 11.4. The molecule has 3 aromatic carbocycles. The minimum absolute atomic E-state index is 0.0216. The fraction of sp³-hybridized carbons (Fsp3) is 0.217. The summed E-state index contributed by atoms with van der Waals surface area (Å²) < 4.78 is 157. The zero-order valence-electron chi connectivity index (χ0n) is 25.0. The number of ether oxygens (including phenoxy) is 1. The molecule has 6 N–H and O–H groups in total. The van der Waals surface area contributed by atoms with Gasteiger partial charge in [0.05, 0.1) is 47.3 Å². The topological polar surface area (TPSA) is 355 Å². The number of rotatable bonds is 16. The van der Waals surface area contributed by atoms with E-state index in [-0.39, 0.29) is 27.7 Å². The number of hydrogen-bond acceptors (Lipinski definition) is 19. The molecule has 0 aliphatic heterocycles. The van der Waals surface area contributed by atoms with E-state index < -0.39 is 102 Å². The molecule has 0 saturated heterocycles. The first-order valence-corrected chi connectivity index (χ1v) is 20.3. The molecule has 0 aliphatic carbocycles. The number of phenolic OH excluding ortho intramolecular Hbond substituents is 1. The highest BCUT2D eigenvalue weighted by Crippen LogP contribution is 2.39. The van der Waals surface area contributed by atoms with Crippen molar-refractivity contribution in [2.75, 3.05) is 37.6 Å². The first-order valence-electron chi connectivity index (χ1n) is 12.9. The van der Waals surface area contributed by atoms with Gasteiger partial charge in [0.1, 0.15) is 39.1 Å². The molecule has 0 unspecified atom stereocenters. The van der Waals surface area contributed by atoms with Gasteiger partial charge in [-0.05, 0) is 42.5 Å². The van der Waals surface area contributed by atoms with Crippen LogP contribution in [0.1, 0.15) is 0 Å². The molecule has 0 aliphatic rings. The molecule has 0 saturated carbocycles. The van der Waals surface area contributed by atoms with Crippen molar-refractivity contribution in [2.24, 2.45) is 20.5 Å². The number of methoxy groups -OCH3 is 1. The van der Waals surface area contributed by atoms with Crippen molar-refractivity contribution >= 4 is 79.0 Å². The van der Waals surface area contributed by atoms with E-state index in [0.29, 0.717) is 6.07 Å². The third-order valence-corrected chi connectivity index (χ3v) is 11.1. The molecule has 0 bridgehead atoms. The summed E-state index contributed by atoms with van der Waals surface area (Å²) in [7, 11) is -22.4. The number of nitrogen functional groups attached to an aromatic ring is 1. The van der Waals surface area contributed by atoms with E-state index >= 15 is 0 Å². The van der Waals surface area contributed by atoms with Gasteiger partial charge in [-0.3, -0.25) is 13.7 Å².